The highest BCUT2D eigenvalue weighted by molar-refractivity contribution is 6.31. The zero-order chi connectivity index (χ0) is 16.4. The summed E-state index contributed by atoms with van der Waals surface area (Å²) in [5.41, 5.74) is 2.74. The molecule has 1 amide bonds. The first-order valence-electron chi connectivity index (χ1n) is 6.63. The SMILES string of the molecule is Cc1cc(NC(=O)Cn2nc(C)c(Cl)c2C)ccc1C(=O)O. The zero-order valence-corrected chi connectivity index (χ0v) is 13.2. The second kappa shape index (κ2) is 6.19. The number of aromatic nitrogens is 2. The first kappa shape index (κ1) is 16.0. The number of hydrogen-bond acceptors (Lipinski definition) is 3. The Morgan fingerprint density at radius 3 is 2.50 bits per heavy atom. The fraction of sp³-hybridized carbons (Fsp3) is 0.267. The quantitative estimate of drug-likeness (QED) is 0.907. The van der Waals surface area contributed by atoms with Crippen LogP contribution in [0.1, 0.15) is 27.3 Å². The molecule has 0 spiro atoms. The first-order valence-corrected chi connectivity index (χ1v) is 7.00. The van der Waals surface area contributed by atoms with Gasteiger partial charge in [0, 0.05) is 5.69 Å². The van der Waals surface area contributed by atoms with Crippen LogP contribution in [0.15, 0.2) is 18.2 Å². The lowest BCUT2D eigenvalue weighted by atomic mass is 10.1. The molecule has 2 N–H and O–H groups in total. The summed E-state index contributed by atoms with van der Waals surface area (Å²) in [5.74, 6) is -1.25. The second-order valence-electron chi connectivity index (χ2n) is 5.03. The lowest BCUT2D eigenvalue weighted by Gasteiger charge is -2.09. The lowest BCUT2D eigenvalue weighted by Crippen LogP contribution is -2.20. The first-order chi connectivity index (χ1) is 10.3. The van der Waals surface area contributed by atoms with E-state index in [9.17, 15) is 9.59 Å². The second-order valence-corrected chi connectivity index (χ2v) is 5.40. The van der Waals surface area contributed by atoms with Crippen LogP contribution in [0.3, 0.4) is 0 Å². The Hall–Kier alpha value is -2.34. The van der Waals surface area contributed by atoms with Crippen molar-refractivity contribution in [2.75, 3.05) is 5.32 Å². The van der Waals surface area contributed by atoms with E-state index in [4.69, 9.17) is 16.7 Å². The molecule has 0 aliphatic carbocycles. The highest BCUT2D eigenvalue weighted by Crippen LogP contribution is 2.19. The van der Waals surface area contributed by atoms with Crippen molar-refractivity contribution in [2.45, 2.75) is 27.3 Å². The van der Waals surface area contributed by atoms with Crippen molar-refractivity contribution in [3.8, 4) is 0 Å². The van der Waals surface area contributed by atoms with E-state index in [2.05, 4.69) is 10.4 Å². The van der Waals surface area contributed by atoms with Crippen LogP contribution in [0.25, 0.3) is 0 Å². The molecule has 1 aromatic heterocycles. The van der Waals surface area contributed by atoms with Crippen molar-refractivity contribution in [3.05, 3.63) is 45.7 Å². The van der Waals surface area contributed by atoms with Crippen LogP contribution in [0.2, 0.25) is 5.02 Å². The Morgan fingerprint density at radius 1 is 1.32 bits per heavy atom. The summed E-state index contributed by atoms with van der Waals surface area (Å²) in [6.45, 7) is 5.29. The van der Waals surface area contributed by atoms with Crippen LogP contribution in [0.4, 0.5) is 5.69 Å². The number of benzene rings is 1. The van der Waals surface area contributed by atoms with Gasteiger partial charge < -0.3 is 10.4 Å². The number of hydrogen-bond donors (Lipinski definition) is 2. The Bertz CT molecular complexity index is 753. The van der Waals surface area contributed by atoms with Gasteiger partial charge in [-0.15, -0.1) is 0 Å². The summed E-state index contributed by atoms with van der Waals surface area (Å²) in [6, 6.07) is 4.64. The van der Waals surface area contributed by atoms with Crippen LogP contribution in [-0.4, -0.2) is 26.8 Å². The maximum absolute atomic E-state index is 12.1. The number of anilines is 1. The van der Waals surface area contributed by atoms with E-state index in [1.807, 2.05) is 0 Å². The number of carbonyl (C=O) groups is 2. The fourth-order valence-electron chi connectivity index (χ4n) is 2.15. The average Bonchev–Trinajstić information content (AvgIpc) is 2.66. The molecule has 0 saturated heterocycles. The molecule has 0 aliphatic rings. The third kappa shape index (κ3) is 3.28. The normalized spacial score (nSPS) is 10.5. The third-order valence-electron chi connectivity index (χ3n) is 3.33. The van der Waals surface area contributed by atoms with Gasteiger partial charge in [-0.05, 0) is 44.5 Å². The maximum Gasteiger partial charge on any atom is 0.335 e. The number of nitrogens with zero attached hydrogens (tertiary/aromatic N) is 2. The van der Waals surface area contributed by atoms with E-state index in [0.29, 0.717) is 22.0 Å². The molecule has 7 heteroatoms. The summed E-state index contributed by atoms with van der Waals surface area (Å²) in [4.78, 5) is 23.0. The fourth-order valence-corrected chi connectivity index (χ4v) is 2.28. The number of carboxylic acid groups (broad SMARTS) is 1. The summed E-state index contributed by atoms with van der Waals surface area (Å²) in [5, 5.41) is 16.4. The van der Waals surface area contributed by atoms with E-state index in [0.717, 1.165) is 5.69 Å². The van der Waals surface area contributed by atoms with Crippen molar-refractivity contribution < 1.29 is 14.7 Å². The molecular formula is C15H16ClN3O3. The summed E-state index contributed by atoms with van der Waals surface area (Å²) in [7, 11) is 0. The van der Waals surface area contributed by atoms with Crippen LogP contribution in [0, 0.1) is 20.8 Å². The molecule has 22 heavy (non-hydrogen) atoms. The third-order valence-corrected chi connectivity index (χ3v) is 3.87. The minimum Gasteiger partial charge on any atom is -0.478 e. The lowest BCUT2D eigenvalue weighted by molar-refractivity contribution is -0.116. The van der Waals surface area contributed by atoms with Gasteiger partial charge in [0.25, 0.3) is 0 Å². The highest BCUT2D eigenvalue weighted by atomic mass is 35.5. The largest absolute Gasteiger partial charge is 0.478 e. The van der Waals surface area contributed by atoms with Crippen molar-refractivity contribution in [2.24, 2.45) is 0 Å². The number of amides is 1. The number of aryl methyl sites for hydroxylation is 2. The minimum atomic E-state index is -0.993. The van der Waals surface area contributed by atoms with Crippen LogP contribution in [-0.2, 0) is 11.3 Å². The Balaban J connectivity index is 2.10. The van der Waals surface area contributed by atoms with Gasteiger partial charge in [0.1, 0.15) is 6.54 Å². The van der Waals surface area contributed by atoms with Crippen molar-refractivity contribution in [1.29, 1.82) is 0 Å². The number of carboxylic acids is 1. The summed E-state index contributed by atoms with van der Waals surface area (Å²) < 4.78 is 1.53. The highest BCUT2D eigenvalue weighted by Gasteiger charge is 2.13. The topological polar surface area (TPSA) is 84.2 Å². The Morgan fingerprint density at radius 2 is 2.00 bits per heavy atom. The molecule has 0 saturated carbocycles. The zero-order valence-electron chi connectivity index (χ0n) is 12.5. The Labute approximate surface area is 132 Å². The van der Waals surface area contributed by atoms with E-state index in [1.165, 1.54) is 10.7 Å². The molecule has 0 atom stereocenters. The molecule has 0 unspecified atom stereocenters. The predicted molar refractivity (Wildman–Crippen MR) is 83.5 cm³/mol. The predicted octanol–water partition coefficient (Wildman–Crippen LogP) is 2.80. The van der Waals surface area contributed by atoms with Gasteiger partial charge in [-0.3, -0.25) is 9.48 Å². The van der Waals surface area contributed by atoms with Gasteiger partial charge in [0.05, 0.1) is 22.0 Å². The Kier molecular flexibility index (Phi) is 4.51. The number of halogens is 1. The van der Waals surface area contributed by atoms with Gasteiger partial charge >= 0.3 is 5.97 Å². The van der Waals surface area contributed by atoms with Crippen molar-refractivity contribution >= 4 is 29.2 Å². The molecule has 2 rings (SSSR count). The van der Waals surface area contributed by atoms with Crippen LogP contribution < -0.4 is 5.32 Å². The van der Waals surface area contributed by atoms with Crippen molar-refractivity contribution in [1.82, 2.24) is 9.78 Å². The van der Waals surface area contributed by atoms with Gasteiger partial charge in [-0.2, -0.15) is 5.10 Å². The van der Waals surface area contributed by atoms with E-state index >= 15 is 0 Å². The molecule has 1 aromatic carbocycles. The van der Waals surface area contributed by atoms with Gasteiger partial charge in [0.2, 0.25) is 5.91 Å². The molecule has 0 radical (unpaired) electrons. The van der Waals surface area contributed by atoms with Crippen LogP contribution in [0.5, 0.6) is 0 Å². The molecule has 0 aliphatic heterocycles. The summed E-state index contributed by atoms with van der Waals surface area (Å²) in [6.07, 6.45) is 0. The van der Waals surface area contributed by atoms with Gasteiger partial charge in [-0.25, -0.2) is 4.79 Å². The number of nitrogens with one attached hydrogen (secondary N) is 1. The van der Waals surface area contributed by atoms with E-state index < -0.39 is 5.97 Å². The van der Waals surface area contributed by atoms with Crippen molar-refractivity contribution in [3.63, 3.8) is 0 Å². The van der Waals surface area contributed by atoms with Crippen LogP contribution >= 0.6 is 11.6 Å². The monoisotopic (exact) mass is 321 g/mol. The molecule has 116 valence electrons. The maximum atomic E-state index is 12.1. The molecule has 6 nitrogen and oxygen atoms in total. The van der Waals surface area contributed by atoms with Gasteiger partial charge in [0.15, 0.2) is 0 Å². The number of carbonyl (C=O) groups excluding carboxylic acids is 1. The van der Waals surface area contributed by atoms with E-state index in [-0.39, 0.29) is 18.0 Å². The minimum absolute atomic E-state index is 0.0408. The average molecular weight is 322 g/mol. The molecule has 0 bridgehead atoms. The summed E-state index contributed by atoms with van der Waals surface area (Å²) >= 11 is 6.04. The molecule has 1 heterocycles. The molecule has 0 fully saturated rings. The number of aromatic carboxylic acids is 1. The van der Waals surface area contributed by atoms with E-state index in [1.54, 1.807) is 32.9 Å². The molecular weight excluding hydrogens is 306 g/mol. The smallest absolute Gasteiger partial charge is 0.335 e. The number of rotatable bonds is 4. The standard InChI is InChI=1S/C15H16ClN3O3/c1-8-6-11(4-5-12(8)15(21)22)17-13(20)7-19-10(3)14(16)9(2)18-19/h4-6H,7H2,1-3H3,(H,17,20)(H,21,22). The molecule has 2 aromatic rings. The van der Waals surface area contributed by atoms with Gasteiger partial charge in [-0.1, -0.05) is 11.6 Å².